The Hall–Kier alpha value is -2.82. The predicted octanol–water partition coefficient (Wildman–Crippen LogP) is 3.77. The molecule has 2 heterocycles. The summed E-state index contributed by atoms with van der Waals surface area (Å²) in [5.74, 6) is -1.90. The number of alkyl halides is 3. The Morgan fingerprint density at radius 2 is 2.11 bits per heavy atom. The summed E-state index contributed by atoms with van der Waals surface area (Å²) >= 11 is 1.63. The van der Waals surface area contributed by atoms with E-state index in [1.54, 1.807) is 18.4 Å². The molecule has 1 aromatic carbocycles. The van der Waals surface area contributed by atoms with Crippen molar-refractivity contribution in [3.05, 3.63) is 36.2 Å². The third-order valence-corrected chi connectivity index (χ3v) is 4.27. The van der Waals surface area contributed by atoms with Gasteiger partial charge in [0.15, 0.2) is 5.13 Å². The number of benzene rings is 1. The minimum atomic E-state index is -5.08. The molecule has 0 saturated heterocycles. The number of aromatic nitrogens is 3. The lowest BCUT2D eigenvalue weighted by Gasteiger charge is -1.98. The molecule has 0 bridgehead atoms. The van der Waals surface area contributed by atoms with E-state index in [1.165, 1.54) is 0 Å². The number of fused-ring (bicyclic) bond motifs is 1. The molecule has 3 rings (SSSR count). The number of carbonyl (C=O) groups is 1. The van der Waals surface area contributed by atoms with Gasteiger partial charge >= 0.3 is 12.1 Å². The minimum absolute atomic E-state index is 0.733. The number of aryl methyl sites for hydroxylation is 1. The summed E-state index contributed by atoms with van der Waals surface area (Å²) in [6, 6.07) is 5.91. The maximum Gasteiger partial charge on any atom is 0.490 e. The zero-order valence-electron chi connectivity index (χ0n) is 14.4. The van der Waals surface area contributed by atoms with Crippen molar-refractivity contribution in [1.82, 2.24) is 14.8 Å². The number of anilines is 1. The molecule has 0 radical (unpaired) electrons. The number of aliphatic carboxylic acids is 1. The Labute approximate surface area is 156 Å². The Kier molecular flexibility index (Phi) is 6.61. The Balaban J connectivity index is 0.000000321. The lowest BCUT2D eigenvalue weighted by molar-refractivity contribution is -0.192. The highest BCUT2D eigenvalue weighted by Crippen LogP contribution is 2.29. The average molecular weight is 402 g/mol. The van der Waals surface area contributed by atoms with Crippen molar-refractivity contribution >= 4 is 32.7 Å². The van der Waals surface area contributed by atoms with Crippen LogP contribution in [0.3, 0.4) is 0 Å². The van der Waals surface area contributed by atoms with Gasteiger partial charge in [0, 0.05) is 24.8 Å². The van der Waals surface area contributed by atoms with Crippen molar-refractivity contribution in [3.8, 4) is 5.75 Å². The third-order valence-electron chi connectivity index (χ3n) is 3.29. The van der Waals surface area contributed by atoms with Crippen LogP contribution in [-0.4, -0.2) is 39.1 Å². The van der Waals surface area contributed by atoms with Crippen LogP contribution in [0.2, 0.25) is 0 Å². The highest BCUT2D eigenvalue weighted by atomic mass is 32.1. The van der Waals surface area contributed by atoms with E-state index in [2.05, 4.69) is 22.3 Å². The number of hydrogen-bond acceptors (Lipinski definition) is 6. The highest BCUT2D eigenvalue weighted by Gasteiger charge is 2.38. The second-order valence-corrected chi connectivity index (χ2v) is 6.24. The van der Waals surface area contributed by atoms with Crippen molar-refractivity contribution in [3.63, 3.8) is 0 Å². The molecule has 0 spiro atoms. The molecule has 0 aliphatic carbocycles. The molecule has 3 aromatic rings. The average Bonchev–Trinajstić information content (AvgIpc) is 3.25. The highest BCUT2D eigenvalue weighted by molar-refractivity contribution is 7.22. The maximum atomic E-state index is 10.6. The van der Waals surface area contributed by atoms with Gasteiger partial charge in [-0.2, -0.15) is 18.3 Å². The SMILES string of the molecule is CCn1cc(CNc2nc3ccc(OC)cc3s2)cn1.O=C(O)C(F)(F)F. The van der Waals surface area contributed by atoms with Crippen molar-refractivity contribution in [2.75, 3.05) is 12.4 Å². The molecule has 0 aliphatic rings. The van der Waals surface area contributed by atoms with E-state index in [1.807, 2.05) is 35.3 Å². The fourth-order valence-electron chi connectivity index (χ4n) is 1.96. The molecule has 0 amide bonds. The summed E-state index contributed by atoms with van der Waals surface area (Å²) in [4.78, 5) is 13.5. The number of nitrogens with one attached hydrogen (secondary N) is 1. The second-order valence-electron chi connectivity index (χ2n) is 5.21. The Morgan fingerprint density at radius 3 is 2.67 bits per heavy atom. The second kappa shape index (κ2) is 8.71. The molecule has 146 valence electrons. The number of carboxylic acids is 1. The van der Waals surface area contributed by atoms with E-state index >= 15 is 0 Å². The van der Waals surface area contributed by atoms with Crippen LogP contribution in [0.25, 0.3) is 10.2 Å². The van der Waals surface area contributed by atoms with Crippen molar-refractivity contribution in [2.45, 2.75) is 26.2 Å². The van der Waals surface area contributed by atoms with Crippen LogP contribution >= 0.6 is 11.3 Å². The van der Waals surface area contributed by atoms with Gasteiger partial charge in [-0.1, -0.05) is 11.3 Å². The number of halogens is 3. The van der Waals surface area contributed by atoms with Crippen molar-refractivity contribution in [2.24, 2.45) is 0 Å². The molecule has 11 heteroatoms. The predicted molar refractivity (Wildman–Crippen MR) is 95.1 cm³/mol. The number of methoxy groups -OCH3 is 1. The first kappa shape index (κ1) is 20.5. The van der Waals surface area contributed by atoms with Gasteiger partial charge in [-0.3, -0.25) is 4.68 Å². The first-order valence-corrected chi connectivity index (χ1v) is 8.54. The number of carboxylic acid groups (broad SMARTS) is 1. The molecule has 27 heavy (non-hydrogen) atoms. The van der Waals surface area contributed by atoms with Gasteiger partial charge in [-0.25, -0.2) is 9.78 Å². The zero-order valence-corrected chi connectivity index (χ0v) is 15.3. The van der Waals surface area contributed by atoms with Crippen molar-refractivity contribution < 1.29 is 27.8 Å². The van der Waals surface area contributed by atoms with Gasteiger partial charge in [0.05, 0.1) is 23.5 Å². The smallest absolute Gasteiger partial charge is 0.490 e. The summed E-state index contributed by atoms with van der Waals surface area (Å²) in [5, 5.41) is 15.6. The van der Waals surface area contributed by atoms with Crippen LogP contribution in [0, 0.1) is 0 Å². The number of ether oxygens (including phenoxy) is 1. The van der Waals surface area contributed by atoms with Crippen LogP contribution in [0.15, 0.2) is 30.6 Å². The van der Waals surface area contributed by atoms with Gasteiger partial charge in [0.1, 0.15) is 5.75 Å². The monoisotopic (exact) mass is 402 g/mol. The summed E-state index contributed by atoms with van der Waals surface area (Å²) in [5.41, 5.74) is 2.14. The minimum Gasteiger partial charge on any atom is -0.497 e. The molecule has 2 N–H and O–H groups in total. The number of hydrogen-bond donors (Lipinski definition) is 2. The van der Waals surface area contributed by atoms with E-state index in [0.717, 1.165) is 39.8 Å². The van der Waals surface area contributed by atoms with Gasteiger partial charge in [0.2, 0.25) is 0 Å². The molecule has 0 atom stereocenters. The molecular formula is C16H17F3N4O3S. The molecule has 0 aliphatic heterocycles. The zero-order chi connectivity index (χ0) is 20.0. The summed E-state index contributed by atoms with van der Waals surface area (Å²) < 4.78 is 40.0. The largest absolute Gasteiger partial charge is 0.497 e. The maximum absolute atomic E-state index is 10.6. The van der Waals surface area contributed by atoms with Gasteiger partial charge in [0.25, 0.3) is 0 Å². The van der Waals surface area contributed by atoms with Crippen LogP contribution in [0.5, 0.6) is 5.75 Å². The number of rotatable bonds is 5. The Bertz CT molecular complexity index is 908. The quantitative estimate of drug-likeness (QED) is 0.675. The van der Waals surface area contributed by atoms with Gasteiger partial charge < -0.3 is 15.2 Å². The van der Waals surface area contributed by atoms with Gasteiger partial charge in [-0.15, -0.1) is 0 Å². The molecule has 0 saturated carbocycles. The fraction of sp³-hybridized carbons (Fsp3) is 0.312. The Morgan fingerprint density at radius 1 is 1.41 bits per heavy atom. The van der Waals surface area contributed by atoms with Crippen molar-refractivity contribution in [1.29, 1.82) is 0 Å². The first-order valence-electron chi connectivity index (χ1n) is 7.72. The van der Waals surface area contributed by atoms with Crippen LogP contribution in [-0.2, 0) is 17.9 Å². The van der Waals surface area contributed by atoms with E-state index in [-0.39, 0.29) is 0 Å². The lowest BCUT2D eigenvalue weighted by Crippen LogP contribution is -2.21. The van der Waals surface area contributed by atoms with Crippen LogP contribution in [0.1, 0.15) is 12.5 Å². The number of nitrogens with zero attached hydrogens (tertiary/aromatic N) is 3. The fourth-order valence-corrected chi connectivity index (χ4v) is 2.85. The third kappa shape index (κ3) is 5.84. The molecule has 0 unspecified atom stereocenters. The molecule has 7 nitrogen and oxygen atoms in total. The lowest BCUT2D eigenvalue weighted by atomic mass is 10.3. The summed E-state index contributed by atoms with van der Waals surface area (Å²) in [7, 11) is 1.67. The number of thiazole rings is 1. The topological polar surface area (TPSA) is 89.3 Å². The summed E-state index contributed by atoms with van der Waals surface area (Å²) in [6.45, 7) is 3.70. The van der Waals surface area contributed by atoms with E-state index in [4.69, 9.17) is 14.6 Å². The first-order chi connectivity index (χ1) is 12.7. The van der Waals surface area contributed by atoms with Crippen LogP contribution in [0.4, 0.5) is 18.3 Å². The van der Waals surface area contributed by atoms with E-state index in [0.29, 0.717) is 0 Å². The standard InChI is InChI=1S/C14H16N4OS.C2HF3O2/c1-3-18-9-10(8-16-18)7-15-14-17-12-5-4-11(19-2)6-13(12)20-14;3-2(4,5)1(6)7/h4-6,8-9H,3,7H2,1-2H3,(H,15,17);(H,6,7). The van der Waals surface area contributed by atoms with E-state index in [9.17, 15) is 13.2 Å². The normalized spacial score (nSPS) is 11.0. The molecular weight excluding hydrogens is 385 g/mol. The van der Waals surface area contributed by atoms with E-state index < -0.39 is 12.1 Å². The molecule has 0 fully saturated rings. The van der Waals surface area contributed by atoms with Crippen LogP contribution < -0.4 is 10.1 Å². The van der Waals surface area contributed by atoms with Gasteiger partial charge in [-0.05, 0) is 25.1 Å². The summed E-state index contributed by atoms with van der Waals surface area (Å²) in [6.07, 6.45) is -1.16. The molecule has 2 aromatic heterocycles.